The number of hydrogen-bond acceptors (Lipinski definition) is 7. The molecule has 0 aliphatic rings. The van der Waals surface area contributed by atoms with Crippen LogP contribution in [0.2, 0.25) is 0 Å². The summed E-state index contributed by atoms with van der Waals surface area (Å²) in [6.07, 6.45) is -3.01. The van der Waals surface area contributed by atoms with Gasteiger partial charge in [-0.3, -0.25) is 4.79 Å². The molecule has 11 heteroatoms. The number of benzene rings is 1. The third kappa shape index (κ3) is 4.71. The molecule has 0 radical (unpaired) electrons. The van der Waals surface area contributed by atoms with Gasteiger partial charge in [0.1, 0.15) is 5.76 Å². The fraction of sp³-hybridized carbons (Fsp3) is 0.125. The molecule has 2 aromatic heterocycles. The molecule has 0 saturated heterocycles. The van der Waals surface area contributed by atoms with Gasteiger partial charge in [0.15, 0.2) is 0 Å². The van der Waals surface area contributed by atoms with Gasteiger partial charge in [-0.25, -0.2) is 0 Å². The molecule has 1 amide bonds. The molecule has 0 fully saturated rings. The number of rotatable bonds is 6. The summed E-state index contributed by atoms with van der Waals surface area (Å²) in [6, 6.07) is 7.87. The maximum Gasteiger partial charge on any atom is 0.416 e. The van der Waals surface area contributed by atoms with Crippen LogP contribution in [0.4, 0.5) is 30.8 Å². The van der Waals surface area contributed by atoms with Crippen LogP contribution in [0, 0.1) is 0 Å². The zero-order valence-corrected chi connectivity index (χ0v) is 13.6. The second-order valence-electron chi connectivity index (χ2n) is 5.31. The zero-order valence-electron chi connectivity index (χ0n) is 13.6. The summed E-state index contributed by atoms with van der Waals surface area (Å²) in [5.41, 5.74) is 4.45. The molecule has 0 aliphatic carbocycles. The average molecular weight is 378 g/mol. The summed E-state index contributed by atoms with van der Waals surface area (Å²) >= 11 is 0. The van der Waals surface area contributed by atoms with Gasteiger partial charge < -0.3 is 20.8 Å². The van der Waals surface area contributed by atoms with Crippen LogP contribution in [0.15, 0.2) is 47.1 Å². The van der Waals surface area contributed by atoms with Gasteiger partial charge in [0.2, 0.25) is 17.7 Å². The smallest absolute Gasteiger partial charge is 0.416 e. The summed E-state index contributed by atoms with van der Waals surface area (Å²) < 4.78 is 43.6. The van der Waals surface area contributed by atoms with Gasteiger partial charge in [0, 0.05) is 5.69 Å². The van der Waals surface area contributed by atoms with Crippen molar-refractivity contribution in [2.45, 2.75) is 12.7 Å². The normalized spacial score (nSPS) is 11.2. The second kappa shape index (κ2) is 7.32. The number of alkyl halides is 3. The van der Waals surface area contributed by atoms with Crippen molar-refractivity contribution in [3.05, 3.63) is 59.8 Å². The highest BCUT2D eigenvalue weighted by molar-refractivity contribution is 5.89. The summed E-state index contributed by atoms with van der Waals surface area (Å²) in [7, 11) is 0. The van der Waals surface area contributed by atoms with E-state index in [2.05, 4.69) is 25.6 Å². The zero-order chi connectivity index (χ0) is 19.4. The fourth-order valence-electron chi connectivity index (χ4n) is 2.10. The lowest BCUT2D eigenvalue weighted by Gasteiger charge is -2.11. The van der Waals surface area contributed by atoms with Gasteiger partial charge in [0.25, 0.3) is 5.91 Å². The highest BCUT2D eigenvalue weighted by atomic mass is 19.4. The van der Waals surface area contributed by atoms with E-state index in [4.69, 9.17) is 10.2 Å². The molecule has 140 valence electrons. The lowest BCUT2D eigenvalue weighted by atomic mass is 10.2. The first kappa shape index (κ1) is 18.2. The van der Waals surface area contributed by atoms with Crippen LogP contribution in [-0.2, 0) is 12.7 Å². The number of hydrogen-bond donors (Lipinski definition) is 3. The molecular weight excluding hydrogens is 365 g/mol. The summed E-state index contributed by atoms with van der Waals surface area (Å²) in [5.74, 6) is -0.805. The number of nitrogens with two attached hydrogens (primary N) is 1. The van der Waals surface area contributed by atoms with Crippen LogP contribution in [0.1, 0.15) is 21.9 Å². The van der Waals surface area contributed by atoms with Crippen LogP contribution in [0.5, 0.6) is 0 Å². The molecule has 8 nitrogen and oxygen atoms in total. The Morgan fingerprint density at radius 2 is 1.89 bits per heavy atom. The van der Waals surface area contributed by atoms with Crippen LogP contribution in [-0.4, -0.2) is 20.9 Å². The highest BCUT2D eigenvalue weighted by Crippen LogP contribution is 2.31. The number of primary amides is 1. The quantitative estimate of drug-likeness (QED) is 0.603. The molecule has 0 unspecified atom stereocenters. The Labute approximate surface area is 150 Å². The Balaban J connectivity index is 1.85. The van der Waals surface area contributed by atoms with E-state index in [0.717, 1.165) is 12.1 Å². The number of anilines is 3. The Morgan fingerprint density at radius 3 is 2.56 bits per heavy atom. The van der Waals surface area contributed by atoms with E-state index in [1.54, 1.807) is 12.1 Å². The average Bonchev–Trinajstić information content (AvgIpc) is 3.13. The van der Waals surface area contributed by atoms with Crippen molar-refractivity contribution in [1.29, 1.82) is 0 Å². The first-order valence-corrected chi connectivity index (χ1v) is 7.58. The lowest BCUT2D eigenvalue weighted by molar-refractivity contribution is -0.137. The van der Waals surface area contributed by atoms with E-state index in [9.17, 15) is 18.0 Å². The van der Waals surface area contributed by atoms with Crippen molar-refractivity contribution in [2.75, 3.05) is 10.6 Å². The third-order valence-corrected chi connectivity index (χ3v) is 3.30. The summed E-state index contributed by atoms with van der Waals surface area (Å²) in [5, 5.41) is 5.43. The minimum absolute atomic E-state index is 0.00433. The lowest BCUT2D eigenvalue weighted by Crippen LogP contribution is -2.18. The predicted octanol–water partition coefficient (Wildman–Crippen LogP) is 2.94. The van der Waals surface area contributed by atoms with E-state index in [1.165, 1.54) is 18.4 Å². The molecule has 0 aliphatic heterocycles. The van der Waals surface area contributed by atoms with E-state index >= 15 is 0 Å². The maximum absolute atomic E-state index is 12.8. The summed E-state index contributed by atoms with van der Waals surface area (Å²) in [6.45, 7) is 0.220. The number of amides is 1. The van der Waals surface area contributed by atoms with Crippen molar-refractivity contribution < 1.29 is 22.4 Å². The van der Waals surface area contributed by atoms with Crippen LogP contribution in [0.3, 0.4) is 0 Å². The van der Waals surface area contributed by atoms with Crippen LogP contribution in [0.25, 0.3) is 0 Å². The number of halogens is 3. The molecule has 4 N–H and O–H groups in total. The number of furan rings is 1. The van der Waals surface area contributed by atoms with E-state index in [1.807, 2.05) is 0 Å². The minimum atomic E-state index is -4.50. The Morgan fingerprint density at radius 1 is 1.11 bits per heavy atom. The molecule has 1 aromatic carbocycles. The highest BCUT2D eigenvalue weighted by Gasteiger charge is 2.30. The topological polar surface area (TPSA) is 119 Å². The molecule has 0 saturated carbocycles. The SMILES string of the molecule is NC(=O)c1nc(NCc2ccco2)nc(Nc2cccc(C(F)(F)F)c2)n1. The van der Waals surface area contributed by atoms with Crippen molar-refractivity contribution in [3.8, 4) is 0 Å². The Bertz CT molecular complexity index is 944. The van der Waals surface area contributed by atoms with Gasteiger partial charge in [0.05, 0.1) is 18.4 Å². The van der Waals surface area contributed by atoms with E-state index < -0.39 is 17.6 Å². The van der Waals surface area contributed by atoms with Gasteiger partial charge in [-0.15, -0.1) is 0 Å². The molecule has 2 heterocycles. The molecule has 0 spiro atoms. The standard InChI is InChI=1S/C16H13F3N6O2/c17-16(18,19)9-3-1-4-10(7-9)22-15-24-13(12(20)26)23-14(25-15)21-8-11-5-2-6-27-11/h1-7H,8H2,(H2,20,26)(H2,21,22,23,24,25). The second-order valence-corrected chi connectivity index (χ2v) is 5.31. The number of aromatic nitrogens is 3. The molecular formula is C16H13F3N6O2. The van der Waals surface area contributed by atoms with Crippen LogP contribution < -0.4 is 16.4 Å². The van der Waals surface area contributed by atoms with Gasteiger partial charge in [-0.05, 0) is 30.3 Å². The fourth-order valence-corrected chi connectivity index (χ4v) is 2.10. The molecule has 3 aromatic rings. The number of carbonyl (C=O) groups is 1. The summed E-state index contributed by atoms with van der Waals surface area (Å²) in [4.78, 5) is 23.1. The number of carbonyl (C=O) groups excluding carboxylic acids is 1. The van der Waals surface area contributed by atoms with Crippen molar-refractivity contribution >= 4 is 23.5 Å². The Hall–Kier alpha value is -3.63. The molecule has 3 rings (SSSR count). The van der Waals surface area contributed by atoms with E-state index in [0.29, 0.717) is 5.76 Å². The maximum atomic E-state index is 12.8. The largest absolute Gasteiger partial charge is 0.467 e. The van der Waals surface area contributed by atoms with Crippen molar-refractivity contribution in [2.24, 2.45) is 5.73 Å². The first-order chi connectivity index (χ1) is 12.8. The minimum Gasteiger partial charge on any atom is -0.467 e. The molecule has 27 heavy (non-hydrogen) atoms. The van der Waals surface area contributed by atoms with Gasteiger partial charge in [-0.2, -0.15) is 28.1 Å². The first-order valence-electron chi connectivity index (χ1n) is 7.58. The molecule has 0 bridgehead atoms. The molecule has 0 atom stereocenters. The Kier molecular flexibility index (Phi) is 4.92. The van der Waals surface area contributed by atoms with Gasteiger partial charge >= 0.3 is 6.18 Å². The van der Waals surface area contributed by atoms with E-state index in [-0.39, 0.29) is 30.0 Å². The van der Waals surface area contributed by atoms with Crippen molar-refractivity contribution in [1.82, 2.24) is 15.0 Å². The number of nitrogens with zero attached hydrogens (tertiary/aromatic N) is 3. The number of nitrogens with one attached hydrogen (secondary N) is 2. The van der Waals surface area contributed by atoms with Crippen LogP contribution >= 0.6 is 0 Å². The third-order valence-electron chi connectivity index (χ3n) is 3.30. The monoisotopic (exact) mass is 378 g/mol. The van der Waals surface area contributed by atoms with Gasteiger partial charge in [-0.1, -0.05) is 6.07 Å². The van der Waals surface area contributed by atoms with Crippen molar-refractivity contribution in [3.63, 3.8) is 0 Å². The predicted molar refractivity (Wildman–Crippen MR) is 89.1 cm³/mol.